The van der Waals surface area contributed by atoms with E-state index < -0.39 is 0 Å². The van der Waals surface area contributed by atoms with Gasteiger partial charge in [0.25, 0.3) is 0 Å². The van der Waals surface area contributed by atoms with Gasteiger partial charge in [-0.15, -0.1) is 0 Å². The Balaban J connectivity index is 1.43. The number of imidazole rings is 1. The number of guanidine groups is 1. The Labute approximate surface area is 156 Å². The van der Waals surface area contributed by atoms with E-state index in [1.54, 1.807) is 0 Å². The summed E-state index contributed by atoms with van der Waals surface area (Å²) >= 11 is 0. The van der Waals surface area contributed by atoms with Crippen molar-refractivity contribution in [3.8, 4) is 5.75 Å². The van der Waals surface area contributed by atoms with Crippen LogP contribution in [0.3, 0.4) is 0 Å². The van der Waals surface area contributed by atoms with Gasteiger partial charge in [-0.2, -0.15) is 0 Å². The number of aliphatic imine (C=N–C) groups is 1. The molecule has 0 amide bonds. The van der Waals surface area contributed by atoms with E-state index in [2.05, 4.69) is 19.9 Å². The summed E-state index contributed by atoms with van der Waals surface area (Å²) in [7, 11) is 0. The Hall–Kier alpha value is -3.06. The maximum absolute atomic E-state index is 5.99. The third-order valence-corrected chi connectivity index (χ3v) is 4.98. The van der Waals surface area contributed by atoms with Crippen LogP contribution in [0, 0.1) is 0 Å². The highest BCUT2D eigenvalue weighted by Gasteiger charge is 2.25. The summed E-state index contributed by atoms with van der Waals surface area (Å²) in [6.07, 6.45) is 2.13. The predicted octanol–water partition coefficient (Wildman–Crippen LogP) is 2.88. The maximum atomic E-state index is 5.99. The maximum Gasteiger partial charge on any atom is 0.212 e. The van der Waals surface area contributed by atoms with Crippen molar-refractivity contribution in [2.24, 2.45) is 10.7 Å². The van der Waals surface area contributed by atoms with Gasteiger partial charge < -0.3 is 15.2 Å². The van der Waals surface area contributed by atoms with Crippen LogP contribution in [0.25, 0.3) is 11.0 Å². The standard InChI is InChI=1S/C20H21N5O2/c21-19-23-18(25-17-6-2-1-5-16(17)22-20(25)24-19)13-7-9-14(10-8-13)27-12-15-4-3-11-26-15/h1-2,5-10,15,18H,3-4,11-12H2,(H3,21,22,23,24)/t15-,18-/m0/s1. The van der Waals surface area contributed by atoms with E-state index in [1.807, 2.05) is 48.5 Å². The number of benzene rings is 2. The van der Waals surface area contributed by atoms with Crippen LogP contribution in [0.4, 0.5) is 5.95 Å². The summed E-state index contributed by atoms with van der Waals surface area (Å²) in [5.74, 6) is 1.89. The molecule has 5 rings (SSSR count). The molecule has 1 fully saturated rings. The van der Waals surface area contributed by atoms with Crippen LogP contribution in [-0.4, -0.2) is 34.8 Å². The van der Waals surface area contributed by atoms with Crippen LogP contribution >= 0.6 is 0 Å². The van der Waals surface area contributed by atoms with Crippen LogP contribution in [0.2, 0.25) is 0 Å². The van der Waals surface area contributed by atoms with Gasteiger partial charge in [0.15, 0.2) is 12.1 Å². The quantitative estimate of drug-likeness (QED) is 0.744. The van der Waals surface area contributed by atoms with Crippen molar-refractivity contribution in [3.05, 3.63) is 54.1 Å². The molecule has 0 aliphatic carbocycles. The van der Waals surface area contributed by atoms with E-state index in [0.29, 0.717) is 18.5 Å². The number of nitrogens with two attached hydrogens (primary N) is 1. The second-order valence-electron chi connectivity index (χ2n) is 6.82. The molecule has 27 heavy (non-hydrogen) atoms. The fraction of sp³-hybridized carbons (Fsp3) is 0.300. The number of nitrogens with zero attached hydrogens (tertiary/aromatic N) is 3. The van der Waals surface area contributed by atoms with Crippen LogP contribution in [0.15, 0.2) is 53.5 Å². The first kappa shape index (κ1) is 16.1. The van der Waals surface area contributed by atoms with Gasteiger partial charge >= 0.3 is 0 Å². The highest BCUT2D eigenvalue weighted by atomic mass is 16.5. The number of anilines is 1. The van der Waals surface area contributed by atoms with Crippen LogP contribution in [-0.2, 0) is 4.74 Å². The third kappa shape index (κ3) is 3.00. The highest BCUT2D eigenvalue weighted by molar-refractivity contribution is 5.94. The predicted molar refractivity (Wildman–Crippen MR) is 104 cm³/mol. The molecule has 3 N–H and O–H groups in total. The minimum absolute atomic E-state index is 0.207. The topological polar surface area (TPSA) is 86.7 Å². The molecule has 0 bridgehead atoms. The number of rotatable bonds is 4. The SMILES string of the molecule is NC1=N[C@H](c2ccc(OC[C@@H]3CCCO3)cc2)n2c(nc3ccccc32)N1. The number of fused-ring (bicyclic) bond motifs is 3. The van der Waals surface area contributed by atoms with E-state index in [-0.39, 0.29) is 12.3 Å². The normalized spacial score (nSPS) is 21.6. The molecule has 3 heterocycles. The van der Waals surface area contributed by atoms with Crippen LogP contribution in [0.5, 0.6) is 5.75 Å². The minimum atomic E-state index is -0.263. The highest BCUT2D eigenvalue weighted by Crippen LogP contribution is 2.32. The molecule has 1 saturated heterocycles. The number of para-hydroxylation sites is 2. The Bertz CT molecular complexity index is 989. The Morgan fingerprint density at radius 1 is 1.19 bits per heavy atom. The molecule has 2 atom stereocenters. The van der Waals surface area contributed by atoms with Crippen molar-refractivity contribution in [1.82, 2.24) is 9.55 Å². The number of hydrogen-bond acceptors (Lipinski definition) is 6. The number of ether oxygens (including phenoxy) is 2. The molecule has 0 saturated carbocycles. The van der Waals surface area contributed by atoms with Crippen molar-refractivity contribution in [2.45, 2.75) is 25.1 Å². The van der Waals surface area contributed by atoms with Gasteiger partial charge in [-0.25, -0.2) is 9.98 Å². The first-order valence-electron chi connectivity index (χ1n) is 9.19. The van der Waals surface area contributed by atoms with Gasteiger partial charge in [-0.05, 0) is 42.7 Å². The second-order valence-corrected chi connectivity index (χ2v) is 6.82. The molecular weight excluding hydrogens is 342 g/mol. The number of hydrogen-bond donors (Lipinski definition) is 2. The summed E-state index contributed by atoms with van der Waals surface area (Å²) in [5.41, 5.74) is 8.94. The number of nitrogens with one attached hydrogen (secondary N) is 1. The zero-order valence-electron chi connectivity index (χ0n) is 14.8. The molecule has 1 aromatic heterocycles. The summed E-state index contributed by atoms with van der Waals surface area (Å²) in [4.78, 5) is 9.22. The first-order valence-corrected chi connectivity index (χ1v) is 9.19. The van der Waals surface area contributed by atoms with Gasteiger partial charge in [0.2, 0.25) is 5.95 Å². The molecule has 7 nitrogen and oxygen atoms in total. The minimum Gasteiger partial charge on any atom is -0.491 e. The van der Waals surface area contributed by atoms with E-state index in [1.165, 1.54) is 0 Å². The molecule has 2 aliphatic rings. The largest absolute Gasteiger partial charge is 0.491 e. The van der Waals surface area contributed by atoms with Crippen molar-refractivity contribution < 1.29 is 9.47 Å². The summed E-state index contributed by atoms with van der Waals surface area (Å²) in [6.45, 7) is 1.43. The first-order chi connectivity index (χ1) is 13.3. The van der Waals surface area contributed by atoms with Gasteiger partial charge in [-0.1, -0.05) is 24.3 Å². The molecule has 0 radical (unpaired) electrons. The number of aromatic nitrogens is 2. The Morgan fingerprint density at radius 3 is 2.85 bits per heavy atom. The molecular formula is C20H21N5O2. The van der Waals surface area contributed by atoms with Gasteiger partial charge in [-0.3, -0.25) is 9.88 Å². The van der Waals surface area contributed by atoms with Crippen molar-refractivity contribution in [2.75, 3.05) is 18.5 Å². The lowest BCUT2D eigenvalue weighted by Crippen LogP contribution is -2.31. The molecule has 7 heteroatoms. The fourth-order valence-electron chi connectivity index (χ4n) is 3.64. The monoisotopic (exact) mass is 363 g/mol. The Morgan fingerprint density at radius 2 is 2.04 bits per heavy atom. The Kier molecular flexibility index (Phi) is 3.94. The zero-order valence-corrected chi connectivity index (χ0v) is 14.8. The lowest BCUT2D eigenvalue weighted by molar-refractivity contribution is 0.0679. The van der Waals surface area contributed by atoms with Gasteiger partial charge in [0.1, 0.15) is 12.4 Å². The lowest BCUT2D eigenvalue weighted by atomic mass is 10.1. The summed E-state index contributed by atoms with van der Waals surface area (Å²) in [5, 5.41) is 3.05. The van der Waals surface area contributed by atoms with Crippen molar-refractivity contribution >= 4 is 22.9 Å². The summed E-state index contributed by atoms with van der Waals surface area (Å²) in [6, 6.07) is 16.0. The van der Waals surface area contributed by atoms with Crippen LogP contribution in [0.1, 0.15) is 24.6 Å². The molecule has 3 aromatic rings. The average Bonchev–Trinajstić information content (AvgIpc) is 3.33. The van der Waals surface area contributed by atoms with Gasteiger partial charge in [0, 0.05) is 6.61 Å². The van der Waals surface area contributed by atoms with E-state index in [4.69, 9.17) is 15.2 Å². The van der Waals surface area contributed by atoms with Crippen molar-refractivity contribution in [1.29, 1.82) is 0 Å². The third-order valence-electron chi connectivity index (χ3n) is 4.98. The van der Waals surface area contributed by atoms with E-state index in [9.17, 15) is 0 Å². The molecule has 138 valence electrons. The van der Waals surface area contributed by atoms with Crippen LogP contribution < -0.4 is 15.8 Å². The van der Waals surface area contributed by atoms with E-state index in [0.717, 1.165) is 41.8 Å². The molecule has 2 aliphatic heterocycles. The van der Waals surface area contributed by atoms with Crippen molar-refractivity contribution in [3.63, 3.8) is 0 Å². The smallest absolute Gasteiger partial charge is 0.212 e. The molecule has 2 aromatic carbocycles. The average molecular weight is 363 g/mol. The zero-order chi connectivity index (χ0) is 18.2. The molecule has 0 spiro atoms. The summed E-state index contributed by atoms with van der Waals surface area (Å²) < 4.78 is 13.5. The second kappa shape index (κ2) is 6.59. The van der Waals surface area contributed by atoms with Gasteiger partial charge in [0.05, 0.1) is 17.1 Å². The molecule has 0 unspecified atom stereocenters. The fourth-order valence-corrected chi connectivity index (χ4v) is 3.64. The lowest BCUT2D eigenvalue weighted by Gasteiger charge is -2.24. The van der Waals surface area contributed by atoms with E-state index >= 15 is 0 Å².